The van der Waals surface area contributed by atoms with Crippen LogP contribution in [0.25, 0.3) is 0 Å². The molecular formula is C21H16ClNO4. The molecule has 6 heteroatoms. The summed E-state index contributed by atoms with van der Waals surface area (Å²) in [4.78, 5) is 23.7. The van der Waals surface area contributed by atoms with Crippen LogP contribution < -0.4 is 10.5 Å². The molecule has 0 amide bonds. The molecule has 0 radical (unpaired) electrons. The van der Waals surface area contributed by atoms with Gasteiger partial charge < -0.3 is 9.84 Å². The number of carbonyl (C=O) groups is 2. The number of ether oxygens (including phenoxy) is 1. The second-order valence-corrected chi connectivity index (χ2v) is 6.24. The van der Waals surface area contributed by atoms with Crippen LogP contribution in [0, 0.1) is 0 Å². The van der Waals surface area contributed by atoms with E-state index < -0.39 is 12.2 Å². The second-order valence-electron chi connectivity index (χ2n) is 5.80. The quantitative estimate of drug-likeness (QED) is 0.490. The molecule has 0 fully saturated rings. The van der Waals surface area contributed by atoms with Gasteiger partial charge in [0, 0.05) is 16.1 Å². The topological polar surface area (TPSA) is 89.6 Å². The number of hydrogen-bond acceptors (Lipinski definition) is 4. The van der Waals surface area contributed by atoms with Crippen molar-refractivity contribution in [1.82, 2.24) is 0 Å². The number of ketones is 1. The monoisotopic (exact) mass is 381 g/mol. The van der Waals surface area contributed by atoms with E-state index in [9.17, 15) is 9.59 Å². The molecule has 3 N–H and O–H groups in total. The maximum absolute atomic E-state index is 12.8. The number of carboxylic acids is 1. The summed E-state index contributed by atoms with van der Waals surface area (Å²) < 4.78 is 5.78. The van der Waals surface area contributed by atoms with Gasteiger partial charge in [0.15, 0.2) is 12.0 Å². The van der Waals surface area contributed by atoms with Gasteiger partial charge in [-0.2, -0.15) is 0 Å². The Kier molecular flexibility index (Phi) is 5.54. The lowest BCUT2D eigenvalue weighted by molar-refractivity contribution is 0.0696. The molecule has 0 saturated heterocycles. The van der Waals surface area contributed by atoms with E-state index in [2.05, 4.69) is 0 Å². The van der Waals surface area contributed by atoms with Gasteiger partial charge >= 0.3 is 5.97 Å². The molecule has 0 bridgehead atoms. The maximum atomic E-state index is 12.8. The fraction of sp³-hybridized carbons (Fsp3) is 0.0476. The van der Waals surface area contributed by atoms with Crippen molar-refractivity contribution in [3.63, 3.8) is 0 Å². The van der Waals surface area contributed by atoms with E-state index in [4.69, 9.17) is 27.2 Å². The highest BCUT2D eigenvalue weighted by Gasteiger charge is 2.18. The zero-order valence-corrected chi connectivity index (χ0v) is 14.9. The van der Waals surface area contributed by atoms with Crippen LogP contribution in [0.1, 0.15) is 38.1 Å². The number of hydrogen-bond donors (Lipinski definition) is 2. The lowest BCUT2D eigenvalue weighted by Crippen LogP contribution is -2.19. The summed E-state index contributed by atoms with van der Waals surface area (Å²) in [6, 6.07) is 19.6. The standard InChI is InChI=1S/C21H16ClNO4/c22-16-10-11-17(19(24)13-4-2-1-3-5-13)18(12-16)27-20(23)14-6-8-15(9-7-14)21(25)26/h1-12,20H,23H2,(H,25,26). The Bertz CT molecular complexity index is 971. The zero-order chi connectivity index (χ0) is 19.4. The number of benzene rings is 3. The van der Waals surface area contributed by atoms with Gasteiger partial charge in [0.1, 0.15) is 5.75 Å². The highest BCUT2D eigenvalue weighted by Crippen LogP contribution is 2.29. The van der Waals surface area contributed by atoms with E-state index in [0.717, 1.165) is 0 Å². The van der Waals surface area contributed by atoms with Crippen LogP contribution in [0.15, 0.2) is 72.8 Å². The Morgan fingerprint density at radius 3 is 2.22 bits per heavy atom. The third-order valence-electron chi connectivity index (χ3n) is 3.96. The molecule has 0 aliphatic heterocycles. The average Bonchev–Trinajstić information content (AvgIpc) is 2.68. The van der Waals surface area contributed by atoms with Crippen LogP contribution in [-0.4, -0.2) is 16.9 Å². The van der Waals surface area contributed by atoms with Crippen molar-refractivity contribution in [1.29, 1.82) is 0 Å². The summed E-state index contributed by atoms with van der Waals surface area (Å²) in [5, 5.41) is 9.38. The minimum Gasteiger partial charge on any atom is -0.478 e. The summed E-state index contributed by atoms with van der Waals surface area (Å²) in [5.74, 6) is -0.983. The molecule has 0 spiro atoms. The molecule has 0 heterocycles. The van der Waals surface area contributed by atoms with Gasteiger partial charge in [-0.1, -0.05) is 54.1 Å². The number of aromatic carboxylic acids is 1. The van der Waals surface area contributed by atoms with E-state index in [-0.39, 0.29) is 17.1 Å². The molecule has 3 rings (SSSR count). The van der Waals surface area contributed by atoms with Crippen LogP contribution in [0.3, 0.4) is 0 Å². The van der Waals surface area contributed by atoms with Gasteiger partial charge in [0.25, 0.3) is 0 Å². The van der Waals surface area contributed by atoms with Crippen molar-refractivity contribution in [3.05, 3.63) is 100 Å². The Morgan fingerprint density at radius 1 is 0.926 bits per heavy atom. The molecule has 0 aromatic heterocycles. The Hall–Kier alpha value is -3.15. The predicted molar refractivity (Wildman–Crippen MR) is 102 cm³/mol. The predicted octanol–water partition coefficient (Wildman–Crippen LogP) is 4.31. The third-order valence-corrected chi connectivity index (χ3v) is 4.20. The molecule has 3 aromatic rings. The van der Waals surface area contributed by atoms with Gasteiger partial charge in [-0.15, -0.1) is 0 Å². The second kappa shape index (κ2) is 8.03. The minimum absolute atomic E-state index is 0.147. The molecule has 3 aromatic carbocycles. The smallest absolute Gasteiger partial charge is 0.335 e. The molecule has 136 valence electrons. The molecule has 0 saturated carbocycles. The lowest BCUT2D eigenvalue weighted by Gasteiger charge is -2.18. The largest absolute Gasteiger partial charge is 0.478 e. The summed E-state index contributed by atoms with van der Waals surface area (Å²) in [5.41, 5.74) is 7.66. The summed E-state index contributed by atoms with van der Waals surface area (Å²) in [6.07, 6.45) is -0.895. The van der Waals surface area contributed by atoms with Crippen LogP contribution in [0.4, 0.5) is 0 Å². The Labute approximate surface area is 161 Å². The molecule has 0 aliphatic carbocycles. The molecule has 27 heavy (non-hydrogen) atoms. The first-order valence-corrected chi connectivity index (χ1v) is 8.48. The van der Waals surface area contributed by atoms with Crippen LogP contribution in [0.5, 0.6) is 5.75 Å². The van der Waals surface area contributed by atoms with Crippen molar-refractivity contribution < 1.29 is 19.4 Å². The van der Waals surface area contributed by atoms with Gasteiger partial charge in [-0.25, -0.2) is 4.79 Å². The van der Waals surface area contributed by atoms with E-state index in [1.807, 2.05) is 6.07 Å². The molecule has 1 atom stereocenters. The molecule has 0 aliphatic rings. The Balaban J connectivity index is 1.89. The van der Waals surface area contributed by atoms with Gasteiger partial charge in [-0.05, 0) is 30.3 Å². The highest BCUT2D eigenvalue weighted by molar-refractivity contribution is 6.31. The summed E-state index contributed by atoms with van der Waals surface area (Å²) in [6.45, 7) is 0. The fourth-order valence-electron chi connectivity index (χ4n) is 2.55. The normalized spacial score (nSPS) is 11.6. The van der Waals surface area contributed by atoms with Crippen molar-refractivity contribution in [2.75, 3.05) is 0 Å². The Morgan fingerprint density at radius 2 is 1.59 bits per heavy atom. The minimum atomic E-state index is -1.03. The van der Waals surface area contributed by atoms with Crippen LogP contribution >= 0.6 is 11.6 Å². The van der Waals surface area contributed by atoms with Crippen molar-refractivity contribution >= 4 is 23.4 Å². The summed E-state index contributed by atoms with van der Waals surface area (Å²) in [7, 11) is 0. The SMILES string of the molecule is NC(Oc1cc(Cl)ccc1C(=O)c1ccccc1)c1ccc(C(=O)O)cc1. The van der Waals surface area contributed by atoms with Gasteiger partial charge in [-0.3, -0.25) is 10.5 Å². The van der Waals surface area contributed by atoms with Crippen LogP contribution in [0.2, 0.25) is 5.02 Å². The van der Waals surface area contributed by atoms with Crippen molar-refractivity contribution in [2.24, 2.45) is 5.73 Å². The van der Waals surface area contributed by atoms with E-state index in [0.29, 0.717) is 21.7 Å². The maximum Gasteiger partial charge on any atom is 0.335 e. The number of rotatable bonds is 6. The number of nitrogens with two attached hydrogens (primary N) is 1. The van der Waals surface area contributed by atoms with Crippen molar-refractivity contribution in [2.45, 2.75) is 6.23 Å². The van der Waals surface area contributed by atoms with E-state index >= 15 is 0 Å². The highest BCUT2D eigenvalue weighted by atomic mass is 35.5. The molecule has 1 unspecified atom stereocenters. The van der Waals surface area contributed by atoms with Crippen LogP contribution in [-0.2, 0) is 0 Å². The third kappa shape index (κ3) is 4.34. The van der Waals surface area contributed by atoms with Crippen molar-refractivity contribution in [3.8, 4) is 5.75 Å². The van der Waals surface area contributed by atoms with E-state index in [1.165, 1.54) is 18.2 Å². The fourth-order valence-corrected chi connectivity index (χ4v) is 2.71. The zero-order valence-electron chi connectivity index (χ0n) is 14.1. The first-order valence-electron chi connectivity index (χ1n) is 8.10. The van der Waals surface area contributed by atoms with E-state index in [1.54, 1.807) is 48.5 Å². The lowest BCUT2D eigenvalue weighted by atomic mass is 10.0. The molecule has 5 nitrogen and oxygen atoms in total. The number of carbonyl (C=O) groups excluding carboxylic acids is 1. The molecular weight excluding hydrogens is 366 g/mol. The van der Waals surface area contributed by atoms with Gasteiger partial charge in [0.05, 0.1) is 11.1 Å². The number of halogens is 1. The average molecular weight is 382 g/mol. The van der Waals surface area contributed by atoms with Gasteiger partial charge in [0.2, 0.25) is 0 Å². The summed E-state index contributed by atoms with van der Waals surface area (Å²) >= 11 is 6.06. The first kappa shape index (κ1) is 18.6. The first-order chi connectivity index (χ1) is 13.0. The number of carboxylic acid groups (broad SMARTS) is 1.